The molecule has 0 spiro atoms. The van der Waals surface area contributed by atoms with Gasteiger partial charge in [0.2, 0.25) is 0 Å². The van der Waals surface area contributed by atoms with Crippen molar-refractivity contribution in [2.75, 3.05) is 11.9 Å². The van der Waals surface area contributed by atoms with Crippen molar-refractivity contribution in [1.82, 2.24) is 0 Å². The predicted molar refractivity (Wildman–Crippen MR) is 82.6 cm³/mol. The largest absolute Gasteiger partial charge is 0.372 e. The summed E-state index contributed by atoms with van der Waals surface area (Å²) >= 11 is 3.48. The van der Waals surface area contributed by atoms with Gasteiger partial charge in [0, 0.05) is 23.2 Å². The molecule has 0 amide bonds. The van der Waals surface area contributed by atoms with Gasteiger partial charge in [-0.1, -0.05) is 41.6 Å². The van der Waals surface area contributed by atoms with Crippen LogP contribution in [-0.4, -0.2) is 36.1 Å². The van der Waals surface area contributed by atoms with E-state index in [4.69, 9.17) is 0 Å². The monoisotopic (exact) mass is 307 g/mol. The highest BCUT2D eigenvalue weighted by Gasteiger charge is 2.16. The summed E-state index contributed by atoms with van der Waals surface area (Å²) in [6.07, 6.45) is 8.34. The molecule has 92 valence electrons. The zero-order chi connectivity index (χ0) is 11.4. The first kappa shape index (κ1) is 15.3. The summed E-state index contributed by atoms with van der Waals surface area (Å²) in [7, 11) is 2.24. The van der Waals surface area contributed by atoms with Gasteiger partial charge in [0.05, 0.1) is 0 Å². The molecule has 17 heavy (non-hydrogen) atoms. The van der Waals surface area contributed by atoms with Crippen LogP contribution in [0, 0.1) is 0 Å². The van der Waals surface area contributed by atoms with E-state index in [9.17, 15) is 0 Å². The molecule has 0 heterocycles. The molecule has 1 fully saturated rings. The molecule has 0 atom stereocenters. The molecule has 1 saturated carbocycles. The summed E-state index contributed by atoms with van der Waals surface area (Å²) in [5.41, 5.74) is 1.34. The molecule has 2 rings (SSSR count). The lowest BCUT2D eigenvalue weighted by Gasteiger charge is -2.29. The summed E-state index contributed by atoms with van der Waals surface area (Å²) in [6.45, 7) is 0. The number of halogens is 1. The third kappa shape index (κ3) is 4.45. The van der Waals surface area contributed by atoms with E-state index in [1.54, 1.807) is 0 Å². The number of hydrogen-bond donors (Lipinski definition) is 0. The molecule has 0 aromatic heterocycles. The summed E-state index contributed by atoms with van der Waals surface area (Å²) in [4.78, 5) is 2.46. The van der Waals surface area contributed by atoms with E-state index < -0.39 is 0 Å². The third-order valence-electron chi connectivity index (χ3n) is 3.61. The fraction of sp³-hybridized carbons (Fsp3) is 0.571. The Hall–Kier alpha value is 0.266. The minimum absolute atomic E-state index is 0. The van der Waals surface area contributed by atoms with Gasteiger partial charge in [-0.2, -0.15) is 0 Å². The van der Waals surface area contributed by atoms with Crippen molar-refractivity contribution in [2.45, 2.75) is 44.6 Å². The Balaban J connectivity index is 0.00000144. The first-order chi connectivity index (χ1) is 7.77. The fourth-order valence-corrected chi connectivity index (χ4v) is 2.80. The fourth-order valence-electron chi connectivity index (χ4n) is 2.53. The van der Waals surface area contributed by atoms with Crippen LogP contribution in [0.5, 0.6) is 0 Å². The summed E-state index contributed by atoms with van der Waals surface area (Å²) in [5, 5.41) is 0. The zero-order valence-corrected chi connectivity index (χ0v) is 11.5. The van der Waals surface area contributed by atoms with Crippen molar-refractivity contribution >= 4 is 44.7 Å². The molecule has 1 aliphatic rings. The standard InChI is InChI=1S/C14H20BrN.Mg.2H/c1-16(13-6-4-2-3-5-7-13)14-10-8-12(15)9-11-14;;;/h8-11,13H,2-7H2,1H3;;;. The Morgan fingerprint density at radius 2 is 1.53 bits per heavy atom. The van der Waals surface area contributed by atoms with Crippen LogP contribution in [0.2, 0.25) is 0 Å². The second-order valence-electron chi connectivity index (χ2n) is 4.73. The SMILES string of the molecule is CN(c1ccc(Br)cc1)C1CCCCCC1.[MgH2]. The second-order valence-corrected chi connectivity index (χ2v) is 5.65. The Kier molecular flexibility index (Phi) is 6.89. The van der Waals surface area contributed by atoms with Gasteiger partial charge in [-0.3, -0.25) is 0 Å². The maximum atomic E-state index is 3.48. The van der Waals surface area contributed by atoms with E-state index in [0.29, 0.717) is 0 Å². The number of hydrogen-bond acceptors (Lipinski definition) is 1. The zero-order valence-electron chi connectivity index (χ0n) is 9.95. The molecule has 0 N–H and O–H groups in total. The molecule has 0 saturated heterocycles. The Bertz CT molecular complexity index is 317. The average Bonchev–Trinajstić information content (AvgIpc) is 2.57. The molecule has 1 nitrogen and oxygen atoms in total. The van der Waals surface area contributed by atoms with Gasteiger partial charge in [-0.05, 0) is 37.1 Å². The van der Waals surface area contributed by atoms with Crippen LogP contribution in [0.3, 0.4) is 0 Å². The summed E-state index contributed by atoms with van der Waals surface area (Å²) in [6, 6.07) is 9.40. The molecule has 0 aliphatic heterocycles. The lowest BCUT2D eigenvalue weighted by molar-refractivity contribution is 0.553. The van der Waals surface area contributed by atoms with E-state index in [0.717, 1.165) is 10.5 Å². The molecule has 3 heteroatoms. The molecular formula is C14H22BrMgN. The van der Waals surface area contributed by atoms with Crippen LogP contribution in [-0.2, 0) is 0 Å². The first-order valence-corrected chi connectivity index (χ1v) is 7.05. The van der Waals surface area contributed by atoms with E-state index in [1.165, 1.54) is 44.2 Å². The Morgan fingerprint density at radius 3 is 2.06 bits per heavy atom. The summed E-state index contributed by atoms with van der Waals surface area (Å²) < 4.78 is 1.16. The number of anilines is 1. The molecule has 0 bridgehead atoms. The minimum atomic E-state index is 0. The quantitative estimate of drug-likeness (QED) is 0.595. The Morgan fingerprint density at radius 1 is 1.00 bits per heavy atom. The van der Waals surface area contributed by atoms with Gasteiger partial charge in [0.1, 0.15) is 0 Å². The van der Waals surface area contributed by atoms with Crippen LogP contribution in [0.1, 0.15) is 38.5 Å². The lowest BCUT2D eigenvalue weighted by atomic mass is 10.1. The van der Waals surface area contributed by atoms with Crippen LogP contribution < -0.4 is 4.90 Å². The van der Waals surface area contributed by atoms with Crippen LogP contribution in [0.25, 0.3) is 0 Å². The van der Waals surface area contributed by atoms with E-state index >= 15 is 0 Å². The highest BCUT2D eigenvalue weighted by atomic mass is 79.9. The van der Waals surface area contributed by atoms with Crippen molar-refractivity contribution in [3.05, 3.63) is 28.7 Å². The normalized spacial score (nSPS) is 17.1. The molecular weight excluding hydrogens is 286 g/mol. The van der Waals surface area contributed by atoms with Crippen LogP contribution >= 0.6 is 15.9 Å². The molecule has 1 aromatic rings. The van der Waals surface area contributed by atoms with E-state index in [1.807, 2.05) is 0 Å². The number of nitrogens with zero attached hydrogens (tertiary/aromatic N) is 1. The van der Waals surface area contributed by atoms with Gasteiger partial charge >= 0.3 is 23.1 Å². The van der Waals surface area contributed by atoms with Gasteiger partial charge in [-0.25, -0.2) is 0 Å². The average molecular weight is 309 g/mol. The van der Waals surface area contributed by atoms with Crippen molar-refractivity contribution in [1.29, 1.82) is 0 Å². The van der Waals surface area contributed by atoms with E-state index in [-0.39, 0.29) is 23.1 Å². The third-order valence-corrected chi connectivity index (χ3v) is 4.13. The van der Waals surface area contributed by atoms with Gasteiger partial charge in [0.25, 0.3) is 0 Å². The lowest BCUT2D eigenvalue weighted by Crippen LogP contribution is -2.30. The second kappa shape index (κ2) is 7.65. The van der Waals surface area contributed by atoms with Gasteiger partial charge in [0.15, 0.2) is 0 Å². The van der Waals surface area contributed by atoms with Gasteiger partial charge in [-0.15, -0.1) is 0 Å². The maximum Gasteiger partial charge on any atom is 0.316 e. The van der Waals surface area contributed by atoms with E-state index in [2.05, 4.69) is 52.1 Å². The van der Waals surface area contributed by atoms with Crippen LogP contribution in [0.4, 0.5) is 5.69 Å². The predicted octanol–water partition coefficient (Wildman–Crippen LogP) is 3.69. The highest BCUT2D eigenvalue weighted by molar-refractivity contribution is 9.10. The Labute approximate surface area is 129 Å². The van der Waals surface area contributed by atoms with Crippen molar-refractivity contribution < 1.29 is 0 Å². The minimum Gasteiger partial charge on any atom is -0.372 e. The molecule has 1 aromatic carbocycles. The first-order valence-electron chi connectivity index (χ1n) is 6.26. The topological polar surface area (TPSA) is 3.24 Å². The van der Waals surface area contributed by atoms with Crippen molar-refractivity contribution in [2.24, 2.45) is 0 Å². The van der Waals surface area contributed by atoms with Crippen LogP contribution in [0.15, 0.2) is 28.7 Å². The highest BCUT2D eigenvalue weighted by Crippen LogP contribution is 2.26. The smallest absolute Gasteiger partial charge is 0.316 e. The number of benzene rings is 1. The number of rotatable bonds is 2. The van der Waals surface area contributed by atoms with Crippen molar-refractivity contribution in [3.63, 3.8) is 0 Å². The summed E-state index contributed by atoms with van der Waals surface area (Å²) in [5.74, 6) is 0. The molecule has 1 aliphatic carbocycles. The molecule has 0 radical (unpaired) electrons. The van der Waals surface area contributed by atoms with Gasteiger partial charge < -0.3 is 4.90 Å². The van der Waals surface area contributed by atoms with Crippen molar-refractivity contribution in [3.8, 4) is 0 Å². The molecule has 0 unspecified atom stereocenters. The maximum absolute atomic E-state index is 3.48.